The summed E-state index contributed by atoms with van der Waals surface area (Å²) in [6, 6.07) is 0. The molecule has 0 spiro atoms. The molecule has 0 aliphatic heterocycles. The SMILES string of the molecule is O=CC(O)C(O)C(O)C(O)C(O)P(=O)(O)O. The third-order valence-electron chi connectivity index (χ3n) is 1.84. The van der Waals surface area contributed by atoms with E-state index in [0.29, 0.717) is 0 Å². The molecule has 0 saturated carbocycles. The smallest absolute Gasteiger partial charge is 0.356 e. The van der Waals surface area contributed by atoms with Crippen LogP contribution in [0.4, 0.5) is 0 Å². The van der Waals surface area contributed by atoms with Gasteiger partial charge in [0.25, 0.3) is 0 Å². The van der Waals surface area contributed by atoms with E-state index < -0.39 is 37.9 Å². The molecule has 0 saturated heterocycles. The molecule has 5 unspecified atom stereocenters. The molecule has 0 fully saturated rings. The highest BCUT2D eigenvalue weighted by molar-refractivity contribution is 7.52. The number of rotatable bonds is 6. The van der Waals surface area contributed by atoms with Crippen LogP contribution in [0, 0.1) is 0 Å². The lowest BCUT2D eigenvalue weighted by molar-refractivity contribution is -0.139. The highest BCUT2D eigenvalue weighted by atomic mass is 31.2. The van der Waals surface area contributed by atoms with E-state index in [4.69, 9.17) is 35.3 Å². The van der Waals surface area contributed by atoms with E-state index in [1.807, 2.05) is 0 Å². The molecule has 0 rings (SSSR count). The van der Waals surface area contributed by atoms with Crippen LogP contribution in [0.5, 0.6) is 0 Å². The average Bonchev–Trinajstić information content (AvgIpc) is 2.22. The summed E-state index contributed by atoms with van der Waals surface area (Å²) < 4.78 is 10.5. The van der Waals surface area contributed by atoms with Gasteiger partial charge in [-0.3, -0.25) is 4.57 Å². The first-order chi connectivity index (χ1) is 7.12. The van der Waals surface area contributed by atoms with Crippen LogP contribution in [-0.2, 0) is 9.36 Å². The predicted molar refractivity (Wildman–Crippen MR) is 48.1 cm³/mol. The maximum absolute atomic E-state index is 10.5. The lowest BCUT2D eigenvalue weighted by Gasteiger charge is -2.27. The van der Waals surface area contributed by atoms with Crippen molar-refractivity contribution < 1.29 is 44.7 Å². The van der Waals surface area contributed by atoms with Crippen molar-refractivity contribution >= 4 is 13.9 Å². The van der Waals surface area contributed by atoms with Crippen LogP contribution in [0.25, 0.3) is 0 Å². The van der Waals surface area contributed by atoms with Gasteiger partial charge in [-0.1, -0.05) is 0 Å². The maximum Gasteiger partial charge on any atom is 0.356 e. The van der Waals surface area contributed by atoms with Crippen molar-refractivity contribution in [3.8, 4) is 0 Å². The monoisotopic (exact) mass is 260 g/mol. The van der Waals surface area contributed by atoms with Gasteiger partial charge in [0, 0.05) is 0 Å². The van der Waals surface area contributed by atoms with Crippen LogP contribution < -0.4 is 0 Å². The van der Waals surface area contributed by atoms with Crippen molar-refractivity contribution in [1.29, 1.82) is 0 Å². The van der Waals surface area contributed by atoms with Crippen LogP contribution in [-0.4, -0.2) is 71.9 Å². The fourth-order valence-corrected chi connectivity index (χ4v) is 1.43. The minimum atomic E-state index is -5.08. The summed E-state index contributed by atoms with van der Waals surface area (Å²) >= 11 is 0. The summed E-state index contributed by atoms with van der Waals surface area (Å²) in [5, 5.41) is 44.8. The van der Waals surface area contributed by atoms with E-state index in [0.717, 1.165) is 0 Å². The molecule has 9 nitrogen and oxygen atoms in total. The Balaban J connectivity index is 4.67. The molecular weight excluding hydrogens is 247 g/mol. The van der Waals surface area contributed by atoms with Crippen molar-refractivity contribution in [3.63, 3.8) is 0 Å². The molecule has 0 radical (unpaired) electrons. The van der Waals surface area contributed by atoms with Crippen molar-refractivity contribution in [3.05, 3.63) is 0 Å². The summed E-state index contributed by atoms with van der Waals surface area (Å²) in [6.07, 6.45) is -9.07. The highest BCUT2D eigenvalue weighted by Crippen LogP contribution is 2.42. The standard InChI is InChI=1S/C6H13O9P/c7-1-2(8)3(9)4(10)5(11)6(12)16(13,14)15/h1-6,8-12H,(H2,13,14,15). The minimum Gasteiger partial charge on any atom is -0.387 e. The predicted octanol–water partition coefficient (Wildman–Crippen LogP) is -3.88. The largest absolute Gasteiger partial charge is 0.387 e. The van der Waals surface area contributed by atoms with Gasteiger partial charge in [0.2, 0.25) is 0 Å². The fraction of sp³-hybridized carbons (Fsp3) is 0.833. The summed E-state index contributed by atoms with van der Waals surface area (Å²) in [5.74, 6) is -2.63. The first-order valence-corrected chi connectivity index (χ1v) is 5.72. The molecule has 0 bridgehead atoms. The Kier molecular flexibility index (Phi) is 5.66. The lowest BCUT2D eigenvalue weighted by atomic mass is 10.0. The van der Waals surface area contributed by atoms with Crippen LogP contribution >= 0.6 is 7.60 Å². The van der Waals surface area contributed by atoms with Gasteiger partial charge in [0.05, 0.1) is 0 Å². The van der Waals surface area contributed by atoms with Gasteiger partial charge < -0.3 is 40.1 Å². The minimum absolute atomic E-state index is 0.148. The molecule has 5 atom stereocenters. The van der Waals surface area contributed by atoms with E-state index >= 15 is 0 Å². The topological polar surface area (TPSA) is 176 Å². The second-order valence-corrected chi connectivity index (χ2v) is 4.81. The molecule has 0 aromatic rings. The van der Waals surface area contributed by atoms with Gasteiger partial charge in [0.1, 0.15) is 24.4 Å². The molecule has 16 heavy (non-hydrogen) atoms. The average molecular weight is 260 g/mol. The van der Waals surface area contributed by atoms with Gasteiger partial charge in [-0.05, 0) is 0 Å². The molecule has 96 valence electrons. The molecule has 0 heterocycles. The van der Waals surface area contributed by atoms with Crippen LogP contribution in [0.3, 0.4) is 0 Å². The summed E-state index contributed by atoms with van der Waals surface area (Å²) in [4.78, 5) is 26.9. The lowest BCUT2D eigenvalue weighted by Crippen LogP contribution is -2.49. The van der Waals surface area contributed by atoms with Gasteiger partial charge in [-0.15, -0.1) is 0 Å². The van der Waals surface area contributed by atoms with Crippen LogP contribution in [0.15, 0.2) is 0 Å². The van der Waals surface area contributed by atoms with Crippen molar-refractivity contribution in [2.75, 3.05) is 0 Å². The van der Waals surface area contributed by atoms with E-state index in [-0.39, 0.29) is 6.29 Å². The Morgan fingerprint density at radius 3 is 1.62 bits per heavy atom. The van der Waals surface area contributed by atoms with E-state index in [9.17, 15) is 9.36 Å². The van der Waals surface area contributed by atoms with E-state index in [2.05, 4.69) is 0 Å². The van der Waals surface area contributed by atoms with E-state index in [1.54, 1.807) is 0 Å². The number of aliphatic hydroxyl groups excluding tert-OH is 5. The molecule has 7 N–H and O–H groups in total. The second-order valence-electron chi connectivity index (χ2n) is 3.10. The quantitative estimate of drug-likeness (QED) is 0.186. The number of aliphatic hydroxyl groups is 5. The molecule has 10 heteroatoms. The Morgan fingerprint density at radius 1 is 0.875 bits per heavy atom. The summed E-state index contributed by atoms with van der Waals surface area (Å²) in [6.45, 7) is 0. The number of hydrogen-bond acceptors (Lipinski definition) is 7. The molecule has 0 aromatic heterocycles. The van der Waals surface area contributed by atoms with E-state index in [1.165, 1.54) is 0 Å². The van der Waals surface area contributed by atoms with Gasteiger partial charge in [-0.2, -0.15) is 0 Å². The Labute approximate surface area is 89.7 Å². The van der Waals surface area contributed by atoms with Gasteiger partial charge >= 0.3 is 7.60 Å². The van der Waals surface area contributed by atoms with Gasteiger partial charge in [-0.25, -0.2) is 0 Å². The van der Waals surface area contributed by atoms with Crippen molar-refractivity contribution in [2.45, 2.75) is 30.3 Å². The molecule has 0 aliphatic rings. The zero-order valence-electron chi connectivity index (χ0n) is 7.86. The van der Waals surface area contributed by atoms with Crippen LogP contribution in [0.1, 0.15) is 0 Å². The third-order valence-corrected chi connectivity index (χ3v) is 2.83. The first kappa shape index (κ1) is 15.6. The number of carbonyl (C=O) groups is 1. The molecular formula is C6H13O9P. The van der Waals surface area contributed by atoms with Crippen LogP contribution in [0.2, 0.25) is 0 Å². The van der Waals surface area contributed by atoms with Gasteiger partial charge in [0.15, 0.2) is 12.1 Å². The maximum atomic E-state index is 10.5. The number of hydrogen-bond donors (Lipinski definition) is 7. The Morgan fingerprint density at radius 2 is 1.31 bits per heavy atom. The zero-order chi connectivity index (χ0) is 13.1. The second kappa shape index (κ2) is 5.80. The number of carbonyl (C=O) groups excluding carboxylic acids is 1. The normalized spacial score (nSPS) is 21.9. The Bertz CT molecular complexity index is 275. The van der Waals surface area contributed by atoms with Crippen molar-refractivity contribution in [2.24, 2.45) is 0 Å². The summed E-state index contributed by atoms with van der Waals surface area (Å²) in [5.41, 5.74) is 0. The third kappa shape index (κ3) is 3.89. The molecule has 0 aromatic carbocycles. The molecule has 0 amide bonds. The zero-order valence-corrected chi connectivity index (χ0v) is 8.75. The summed E-state index contributed by atoms with van der Waals surface area (Å²) in [7, 11) is -5.08. The fourth-order valence-electron chi connectivity index (χ4n) is 0.860. The highest BCUT2D eigenvalue weighted by Gasteiger charge is 2.41. The Hall–Kier alpha value is -0.380. The number of aldehydes is 1. The van der Waals surface area contributed by atoms with Crippen molar-refractivity contribution in [1.82, 2.24) is 0 Å². The first-order valence-electron chi connectivity index (χ1n) is 4.03. The molecule has 0 aliphatic carbocycles.